The van der Waals surface area contributed by atoms with E-state index in [1.54, 1.807) is 72.8 Å². The molecule has 2 aromatic heterocycles. The molecule has 0 saturated heterocycles. The van der Waals surface area contributed by atoms with Gasteiger partial charge in [0.1, 0.15) is 5.82 Å². The molecule has 3 heterocycles. The number of benzene rings is 2. The van der Waals surface area contributed by atoms with E-state index in [2.05, 4.69) is 25.7 Å². The molecule has 0 spiro atoms. The Bertz CT molecular complexity index is 1570. The van der Waals surface area contributed by atoms with Gasteiger partial charge in [-0.15, -0.1) is 0 Å². The number of fused-ring (bicyclic) bond motifs is 1. The SMILES string of the molecule is CN(C)C/C=C/C(=O)Nc1cccc(N2C(=O)N(c3ccc(F)cc3)Cc3cnc(Nc4cnn(C)c4)nc32)c1. The first-order chi connectivity index (χ1) is 19.3. The van der Waals surface area contributed by atoms with Crippen molar-refractivity contribution < 1.29 is 14.0 Å². The van der Waals surface area contributed by atoms with Crippen molar-refractivity contribution in [1.29, 1.82) is 0 Å². The molecule has 12 heteroatoms. The predicted molar refractivity (Wildman–Crippen MR) is 151 cm³/mol. The summed E-state index contributed by atoms with van der Waals surface area (Å²) >= 11 is 0. The van der Waals surface area contributed by atoms with Crippen LogP contribution in [0.4, 0.5) is 43.7 Å². The van der Waals surface area contributed by atoms with Crippen molar-refractivity contribution in [3.05, 3.63) is 90.7 Å². The van der Waals surface area contributed by atoms with E-state index in [9.17, 15) is 14.0 Å². The van der Waals surface area contributed by atoms with Gasteiger partial charge in [0.15, 0.2) is 5.82 Å². The van der Waals surface area contributed by atoms with Crippen molar-refractivity contribution in [2.45, 2.75) is 6.54 Å². The number of carbonyl (C=O) groups excluding carboxylic acids is 2. The molecule has 3 amide bonds. The number of nitrogens with zero attached hydrogens (tertiary/aromatic N) is 7. The van der Waals surface area contributed by atoms with E-state index in [0.29, 0.717) is 40.7 Å². The lowest BCUT2D eigenvalue weighted by molar-refractivity contribution is -0.111. The van der Waals surface area contributed by atoms with Crippen LogP contribution in [0.1, 0.15) is 5.56 Å². The molecule has 5 rings (SSSR count). The minimum Gasteiger partial charge on any atom is -0.322 e. The standard InChI is InChI=1S/C28H28FN9O2/c1-35(2)13-5-8-25(39)32-21-6-4-7-24(14-21)38-26-19(15-30-27(34-26)33-22-16-31-36(3)18-22)17-37(28(38)40)23-11-9-20(29)10-12-23/h4-12,14-16,18H,13,17H2,1-3H3,(H,32,39)(H,30,33,34)/b8-5+. The number of carbonyl (C=O) groups is 2. The maximum atomic E-state index is 13.9. The lowest BCUT2D eigenvalue weighted by Crippen LogP contribution is -2.45. The fourth-order valence-electron chi connectivity index (χ4n) is 4.16. The average molecular weight is 542 g/mol. The summed E-state index contributed by atoms with van der Waals surface area (Å²) in [6.07, 6.45) is 8.30. The Morgan fingerprint density at radius 3 is 2.62 bits per heavy atom. The van der Waals surface area contributed by atoms with Crippen LogP contribution >= 0.6 is 0 Å². The molecule has 0 radical (unpaired) electrons. The summed E-state index contributed by atoms with van der Waals surface area (Å²) in [6, 6.07) is 12.3. The van der Waals surface area contributed by atoms with E-state index in [4.69, 9.17) is 0 Å². The summed E-state index contributed by atoms with van der Waals surface area (Å²) in [5, 5.41) is 10.1. The van der Waals surface area contributed by atoms with Gasteiger partial charge < -0.3 is 15.5 Å². The molecule has 11 nitrogen and oxygen atoms in total. The average Bonchev–Trinajstić information content (AvgIpc) is 3.33. The number of aryl methyl sites for hydroxylation is 1. The second-order valence-electron chi connectivity index (χ2n) is 9.45. The molecule has 0 bridgehead atoms. The number of hydrogen-bond acceptors (Lipinski definition) is 7. The Labute approximate surface area is 230 Å². The summed E-state index contributed by atoms with van der Waals surface area (Å²) in [5.74, 6) is -0.0139. The zero-order valence-corrected chi connectivity index (χ0v) is 22.2. The summed E-state index contributed by atoms with van der Waals surface area (Å²) in [4.78, 5) is 40.4. The number of hydrogen-bond donors (Lipinski definition) is 2. The fourth-order valence-corrected chi connectivity index (χ4v) is 4.16. The number of rotatable bonds is 8. The zero-order chi connectivity index (χ0) is 28.2. The van der Waals surface area contributed by atoms with Crippen LogP contribution in [0.2, 0.25) is 0 Å². The monoisotopic (exact) mass is 541 g/mol. The number of anilines is 6. The van der Waals surface area contributed by atoms with E-state index in [1.807, 2.05) is 19.0 Å². The van der Waals surface area contributed by atoms with Gasteiger partial charge in [-0.05, 0) is 56.6 Å². The van der Waals surface area contributed by atoms with Crippen LogP contribution in [0.25, 0.3) is 0 Å². The van der Waals surface area contributed by atoms with Crippen molar-refractivity contribution in [3.63, 3.8) is 0 Å². The van der Waals surface area contributed by atoms with Gasteiger partial charge >= 0.3 is 6.03 Å². The van der Waals surface area contributed by atoms with Crippen LogP contribution in [-0.4, -0.2) is 57.2 Å². The van der Waals surface area contributed by atoms with Gasteiger partial charge in [-0.25, -0.2) is 19.1 Å². The molecule has 204 valence electrons. The molecular weight excluding hydrogens is 513 g/mol. The van der Waals surface area contributed by atoms with Crippen LogP contribution in [0.5, 0.6) is 0 Å². The number of halogens is 1. The van der Waals surface area contributed by atoms with E-state index in [1.165, 1.54) is 28.0 Å². The van der Waals surface area contributed by atoms with Crippen LogP contribution in [0.3, 0.4) is 0 Å². The van der Waals surface area contributed by atoms with Crippen LogP contribution in [0, 0.1) is 5.82 Å². The summed E-state index contributed by atoms with van der Waals surface area (Å²) in [6.45, 7) is 0.817. The Hall–Kier alpha value is -5.10. The molecule has 40 heavy (non-hydrogen) atoms. The largest absolute Gasteiger partial charge is 0.335 e. The highest BCUT2D eigenvalue weighted by molar-refractivity contribution is 6.10. The molecular formula is C28H28FN9O2. The molecule has 0 aliphatic carbocycles. The van der Waals surface area contributed by atoms with Crippen molar-refractivity contribution in [2.24, 2.45) is 7.05 Å². The molecule has 1 aliphatic heterocycles. The third-order valence-corrected chi connectivity index (χ3v) is 6.02. The van der Waals surface area contributed by atoms with E-state index >= 15 is 0 Å². The Morgan fingerprint density at radius 2 is 1.90 bits per heavy atom. The molecule has 0 unspecified atom stereocenters. The highest BCUT2D eigenvalue weighted by Crippen LogP contribution is 2.37. The van der Waals surface area contributed by atoms with Gasteiger partial charge in [-0.3, -0.25) is 14.4 Å². The predicted octanol–water partition coefficient (Wildman–Crippen LogP) is 4.43. The summed E-state index contributed by atoms with van der Waals surface area (Å²) < 4.78 is 15.3. The first-order valence-electron chi connectivity index (χ1n) is 12.5. The third kappa shape index (κ3) is 5.97. The van der Waals surface area contributed by atoms with Crippen LogP contribution in [-0.2, 0) is 18.4 Å². The second-order valence-corrected chi connectivity index (χ2v) is 9.45. The molecule has 1 aliphatic rings. The summed E-state index contributed by atoms with van der Waals surface area (Å²) in [7, 11) is 5.62. The molecule has 2 N–H and O–H groups in total. The molecule has 0 atom stereocenters. The van der Waals surface area contributed by atoms with Gasteiger partial charge in [0, 0.05) is 49.0 Å². The number of aromatic nitrogens is 4. The van der Waals surface area contributed by atoms with Gasteiger partial charge in [0.2, 0.25) is 11.9 Å². The van der Waals surface area contributed by atoms with Gasteiger partial charge in [0.25, 0.3) is 0 Å². The first kappa shape index (κ1) is 26.5. The smallest absolute Gasteiger partial charge is 0.322 e. The number of nitrogens with one attached hydrogen (secondary N) is 2. The number of amides is 3. The van der Waals surface area contributed by atoms with Crippen molar-refractivity contribution in [2.75, 3.05) is 41.1 Å². The Kier molecular flexibility index (Phi) is 7.51. The van der Waals surface area contributed by atoms with Crippen LogP contribution < -0.4 is 20.4 Å². The number of urea groups is 1. The Morgan fingerprint density at radius 1 is 1.10 bits per heavy atom. The molecule has 0 saturated carbocycles. The minimum absolute atomic E-state index is 0.191. The minimum atomic E-state index is -0.400. The first-order valence-corrected chi connectivity index (χ1v) is 12.5. The zero-order valence-electron chi connectivity index (χ0n) is 22.2. The van der Waals surface area contributed by atoms with Gasteiger partial charge in [0.05, 0.1) is 24.1 Å². The van der Waals surface area contributed by atoms with Gasteiger partial charge in [-0.2, -0.15) is 10.1 Å². The van der Waals surface area contributed by atoms with Crippen molar-refractivity contribution >= 4 is 46.5 Å². The lowest BCUT2D eigenvalue weighted by atomic mass is 10.1. The van der Waals surface area contributed by atoms with E-state index in [0.717, 1.165) is 0 Å². The maximum absolute atomic E-state index is 13.9. The lowest BCUT2D eigenvalue weighted by Gasteiger charge is -2.36. The third-order valence-electron chi connectivity index (χ3n) is 6.02. The Balaban J connectivity index is 1.51. The molecule has 0 fully saturated rings. The van der Waals surface area contributed by atoms with E-state index in [-0.39, 0.29) is 24.4 Å². The molecule has 2 aromatic carbocycles. The van der Waals surface area contributed by atoms with Crippen molar-refractivity contribution in [1.82, 2.24) is 24.6 Å². The quantitative estimate of drug-likeness (QED) is 0.318. The van der Waals surface area contributed by atoms with Crippen molar-refractivity contribution in [3.8, 4) is 0 Å². The van der Waals surface area contributed by atoms with Crippen LogP contribution in [0.15, 0.2) is 79.3 Å². The maximum Gasteiger partial charge on any atom is 0.335 e. The normalized spacial score (nSPS) is 13.2. The van der Waals surface area contributed by atoms with E-state index < -0.39 is 5.82 Å². The highest BCUT2D eigenvalue weighted by Gasteiger charge is 2.34. The van der Waals surface area contributed by atoms with Gasteiger partial charge in [-0.1, -0.05) is 12.1 Å². The fraction of sp³-hybridized carbons (Fsp3) is 0.179. The summed E-state index contributed by atoms with van der Waals surface area (Å²) in [5.41, 5.74) is 2.89. The molecule has 4 aromatic rings. The number of likely N-dealkylation sites (N-methyl/N-ethyl adjacent to an activating group) is 1. The second kappa shape index (κ2) is 11.3. The topological polar surface area (TPSA) is 112 Å². The highest BCUT2D eigenvalue weighted by atomic mass is 19.1.